The lowest BCUT2D eigenvalue weighted by Crippen LogP contribution is -2.40. The maximum Gasteiger partial charge on any atom is 0.338 e. The van der Waals surface area contributed by atoms with Gasteiger partial charge in [0, 0.05) is 20.1 Å². The highest BCUT2D eigenvalue weighted by Gasteiger charge is 2.36. The Morgan fingerprint density at radius 2 is 1.87 bits per heavy atom. The first kappa shape index (κ1) is 29.0. The summed E-state index contributed by atoms with van der Waals surface area (Å²) in [5.74, 6) is 0.663. The van der Waals surface area contributed by atoms with E-state index in [-0.39, 0.29) is 12.2 Å². The second-order valence-electron chi connectivity index (χ2n) is 8.58. The van der Waals surface area contributed by atoms with Crippen molar-refractivity contribution in [2.24, 2.45) is 4.99 Å². The van der Waals surface area contributed by atoms with Crippen LogP contribution in [0.25, 0.3) is 6.08 Å². The smallest absolute Gasteiger partial charge is 0.338 e. The van der Waals surface area contributed by atoms with Gasteiger partial charge in [-0.2, -0.15) is 0 Å². The zero-order valence-electron chi connectivity index (χ0n) is 21.8. The van der Waals surface area contributed by atoms with E-state index in [9.17, 15) is 9.59 Å². The molecule has 0 radical (unpaired) electrons. The summed E-state index contributed by atoms with van der Waals surface area (Å²) in [7, 11) is 1.56. The maximum atomic E-state index is 14.1. The Balaban J connectivity index is 2.04. The molecule has 0 saturated carbocycles. The predicted molar refractivity (Wildman–Crippen MR) is 160 cm³/mol. The molecule has 39 heavy (non-hydrogen) atoms. The van der Waals surface area contributed by atoms with Crippen LogP contribution in [0.4, 0.5) is 0 Å². The number of carbonyl (C=O) groups excluding carboxylic acids is 1. The number of benzene rings is 2. The summed E-state index contributed by atoms with van der Waals surface area (Å²) in [6, 6.07) is 10.3. The number of fused-ring (bicyclic) bond motifs is 1. The van der Waals surface area contributed by atoms with Crippen molar-refractivity contribution in [3.05, 3.63) is 100 Å². The number of nitrogens with zero attached hydrogens (tertiary/aromatic N) is 2. The molecule has 2 heterocycles. The first-order valence-electron chi connectivity index (χ1n) is 12.4. The summed E-state index contributed by atoms with van der Waals surface area (Å²) in [6.45, 7) is 8.02. The normalized spacial score (nSPS) is 15.0. The lowest BCUT2D eigenvalue weighted by molar-refractivity contribution is -0.139. The highest BCUT2D eigenvalue weighted by molar-refractivity contribution is 9.10. The van der Waals surface area contributed by atoms with Gasteiger partial charge in [-0.15, -0.1) is 0 Å². The SMILES string of the molecule is C=CCOc1ccc(Br)cc1/C=c1/sc2n(c1=O)[C@H](c1cc(Br)ccc1OC)C(C(=O)OCC)=C(CCC)N=2. The average Bonchev–Trinajstić information content (AvgIpc) is 3.22. The van der Waals surface area contributed by atoms with Gasteiger partial charge in [0.1, 0.15) is 24.1 Å². The van der Waals surface area contributed by atoms with E-state index < -0.39 is 12.0 Å². The van der Waals surface area contributed by atoms with Crippen molar-refractivity contribution in [2.45, 2.75) is 32.7 Å². The fraction of sp³-hybridized carbons (Fsp3) is 0.276. The van der Waals surface area contributed by atoms with Crippen LogP contribution in [0.1, 0.15) is 43.9 Å². The quantitative estimate of drug-likeness (QED) is 0.204. The number of hydrogen-bond acceptors (Lipinski definition) is 7. The highest BCUT2D eigenvalue weighted by Crippen LogP contribution is 2.38. The summed E-state index contributed by atoms with van der Waals surface area (Å²) < 4.78 is 20.6. The minimum Gasteiger partial charge on any atom is -0.496 e. The molecule has 0 unspecified atom stereocenters. The van der Waals surface area contributed by atoms with E-state index in [1.54, 1.807) is 30.8 Å². The standard InChI is InChI=1S/C29H28Br2N2O5S/c1-5-8-21-25(28(35)37-7-3)26(20-16-19(31)10-12-23(20)36-4)33-27(34)24(39-29(33)32-21)15-17-14-18(30)9-11-22(17)38-13-6-2/h6,9-12,14-16,26H,2,5,7-8,13H2,1,3-4H3/b24-15+/t26-/m1/s1. The van der Waals surface area contributed by atoms with Crippen molar-refractivity contribution in [2.75, 3.05) is 20.3 Å². The summed E-state index contributed by atoms with van der Waals surface area (Å²) in [6.07, 6.45) is 4.77. The number of allylic oxidation sites excluding steroid dienone is 1. The molecule has 10 heteroatoms. The molecule has 0 spiro atoms. The van der Waals surface area contributed by atoms with Crippen LogP contribution >= 0.6 is 43.2 Å². The summed E-state index contributed by atoms with van der Waals surface area (Å²) in [4.78, 5) is 32.8. The molecule has 1 aliphatic rings. The van der Waals surface area contributed by atoms with E-state index >= 15 is 0 Å². The van der Waals surface area contributed by atoms with Gasteiger partial charge >= 0.3 is 5.97 Å². The zero-order chi connectivity index (χ0) is 28.1. The molecule has 0 bridgehead atoms. The highest BCUT2D eigenvalue weighted by atomic mass is 79.9. The first-order chi connectivity index (χ1) is 18.8. The van der Waals surface area contributed by atoms with Crippen molar-refractivity contribution in [1.82, 2.24) is 4.57 Å². The lowest BCUT2D eigenvalue weighted by Gasteiger charge is -2.27. The molecule has 1 aromatic heterocycles. The van der Waals surface area contributed by atoms with Gasteiger partial charge in [-0.3, -0.25) is 9.36 Å². The Kier molecular flexibility index (Phi) is 9.63. The van der Waals surface area contributed by atoms with Crippen molar-refractivity contribution >= 4 is 55.2 Å². The summed E-state index contributed by atoms with van der Waals surface area (Å²) in [5.41, 5.74) is 2.05. The average molecular weight is 676 g/mol. The van der Waals surface area contributed by atoms with Crippen LogP contribution in [-0.4, -0.2) is 30.9 Å². The number of aromatic nitrogens is 1. The number of carbonyl (C=O) groups is 1. The number of ether oxygens (including phenoxy) is 3. The third-order valence-electron chi connectivity index (χ3n) is 5.99. The monoisotopic (exact) mass is 674 g/mol. The van der Waals surface area contributed by atoms with Crippen LogP contribution in [0.5, 0.6) is 11.5 Å². The molecule has 0 saturated heterocycles. The van der Waals surface area contributed by atoms with Gasteiger partial charge in [-0.25, -0.2) is 9.79 Å². The van der Waals surface area contributed by atoms with E-state index in [0.29, 0.717) is 50.7 Å². The molecule has 1 atom stereocenters. The second kappa shape index (κ2) is 12.9. The molecule has 0 fully saturated rings. The third kappa shape index (κ3) is 6.13. The second-order valence-corrected chi connectivity index (χ2v) is 11.4. The summed E-state index contributed by atoms with van der Waals surface area (Å²) >= 11 is 8.32. The Bertz CT molecular complexity index is 1620. The zero-order valence-corrected chi connectivity index (χ0v) is 25.8. The largest absolute Gasteiger partial charge is 0.496 e. The molecular formula is C29H28Br2N2O5S. The molecule has 0 N–H and O–H groups in total. The topological polar surface area (TPSA) is 79.1 Å². The fourth-order valence-corrected chi connectivity index (χ4v) is 6.16. The number of methoxy groups -OCH3 is 1. The van der Waals surface area contributed by atoms with Crippen molar-refractivity contribution < 1.29 is 19.0 Å². The molecule has 4 rings (SSSR count). The molecule has 2 aromatic carbocycles. The Morgan fingerprint density at radius 1 is 1.15 bits per heavy atom. The fourth-order valence-electron chi connectivity index (χ4n) is 4.39. The van der Waals surface area contributed by atoms with E-state index in [0.717, 1.165) is 20.9 Å². The van der Waals surface area contributed by atoms with Gasteiger partial charge in [0.15, 0.2) is 4.80 Å². The Morgan fingerprint density at radius 3 is 2.54 bits per heavy atom. The van der Waals surface area contributed by atoms with Crippen LogP contribution in [0.2, 0.25) is 0 Å². The molecular weight excluding hydrogens is 648 g/mol. The van der Waals surface area contributed by atoms with E-state index in [2.05, 4.69) is 38.4 Å². The van der Waals surface area contributed by atoms with Crippen molar-refractivity contribution in [3.63, 3.8) is 0 Å². The molecule has 204 valence electrons. The number of esters is 1. The van der Waals surface area contributed by atoms with Gasteiger partial charge in [-0.1, -0.05) is 69.2 Å². The maximum absolute atomic E-state index is 14.1. The van der Waals surface area contributed by atoms with Gasteiger partial charge in [0.25, 0.3) is 5.56 Å². The molecule has 7 nitrogen and oxygen atoms in total. The van der Waals surface area contributed by atoms with Crippen LogP contribution in [0, 0.1) is 0 Å². The number of thiazole rings is 1. The van der Waals surface area contributed by atoms with Gasteiger partial charge in [-0.05, 0) is 55.8 Å². The van der Waals surface area contributed by atoms with Crippen molar-refractivity contribution in [3.8, 4) is 11.5 Å². The lowest BCUT2D eigenvalue weighted by atomic mass is 9.93. The minimum atomic E-state index is -0.782. The first-order valence-corrected chi connectivity index (χ1v) is 14.8. The number of hydrogen-bond donors (Lipinski definition) is 0. The van der Waals surface area contributed by atoms with E-state index in [1.807, 2.05) is 43.3 Å². The minimum absolute atomic E-state index is 0.199. The predicted octanol–water partition coefficient (Wildman–Crippen LogP) is 5.68. The van der Waals surface area contributed by atoms with Crippen molar-refractivity contribution in [1.29, 1.82) is 0 Å². The van der Waals surface area contributed by atoms with Crippen LogP contribution in [-0.2, 0) is 9.53 Å². The van der Waals surface area contributed by atoms with E-state index in [1.165, 1.54) is 11.3 Å². The molecule has 0 amide bonds. The van der Waals surface area contributed by atoms with Crippen LogP contribution in [0.15, 0.2) is 79.1 Å². The van der Waals surface area contributed by atoms with Crippen LogP contribution in [0.3, 0.4) is 0 Å². The molecule has 1 aliphatic heterocycles. The molecule has 3 aromatic rings. The molecule has 0 aliphatic carbocycles. The Labute approximate surface area is 247 Å². The summed E-state index contributed by atoms with van der Waals surface area (Å²) in [5, 5.41) is 0. The van der Waals surface area contributed by atoms with E-state index in [4.69, 9.17) is 19.2 Å². The Hall–Kier alpha value is -2.95. The van der Waals surface area contributed by atoms with Gasteiger partial charge in [0.05, 0.1) is 29.5 Å². The third-order valence-corrected chi connectivity index (χ3v) is 7.96. The number of rotatable bonds is 10. The van der Waals surface area contributed by atoms with Gasteiger partial charge in [0.2, 0.25) is 0 Å². The van der Waals surface area contributed by atoms with Crippen LogP contribution < -0.4 is 24.4 Å². The number of halogens is 2. The van der Waals surface area contributed by atoms with Gasteiger partial charge < -0.3 is 14.2 Å².